The molecule has 0 bridgehead atoms. The molecule has 16 heavy (non-hydrogen) atoms. The lowest BCUT2D eigenvalue weighted by atomic mass is 10.1. The second kappa shape index (κ2) is 6.16. The Morgan fingerprint density at radius 2 is 2.12 bits per heavy atom. The first-order chi connectivity index (χ1) is 7.88. The third kappa shape index (κ3) is 3.42. The summed E-state index contributed by atoms with van der Waals surface area (Å²) in [5.74, 6) is 2.10. The van der Waals surface area contributed by atoms with Crippen molar-refractivity contribution >= 4 is 11.8 Å². The Morgan fingerprint density at radius 1 is 1.31 bits per heavy atom. The second-order valence-corrected chi connectivity index (χ2v) is 5.23. The first-order valence-electron chi connectivity index (χ1n) is 5.89. The number of benzene rings is 1. The van der Waals surface area contributed by atoms with E-state index in [1.54, 1.807) is 7.11 Å². The monoisotopic (exact) mass is 237 g/mol. The zero-order chi connectivity index (χ0) is 11.2. The molecular weight excluding hydrogens is 218 g/mol. The van der Waals surface area contributed by atoms with Crippen molar-refractivity contribution in [3.05, 3.63) is 24.3 Å². The molecule has 0 radical (unpaired) electrons. The standard InChI is InChI=1S/C13H19NOS/c1-15-12-5-7-13(8-6-12)16-10-11-4-2-3-9-14-11/h5-8,11,14H,2-4,9-10H2,1H3/t11-/m1/s1. The van der Waals surface area contributed by atoms with Crippen molar-refractivity contribution in [1.82, 2.24) is 5.32 Å². The summed E-state index contributed by atoms with van der Waals surface area (Å²) < 4.78 is 5.14. The number of methoxy groups -OCH3 is 1. The van der Waals surface area contributed by atoms with Gasteiger partial charge in [0.25, 0.3) is 0 Å². The van der Waals surface area contributed by atoms with Crippen LogP contribution < -0.4 is 10.1 Å². The fourth-order valence-electron chi connectivity index (χ4n) is 1.94. The number of piperidine rings is 1. The van der Waals surface area contributed by atoms with Crippen LogP contribution in [0.3, 0.4) is 0 Å². The summed E-state index contributed by atoms with van der Waals surface area (Å²) in [4.78, 5) is 1.33. The zero-order valence-electron chi connectivity index (χ0n) is 9.74. The smallest absolute Gasteiger partial charge is 0.118 e. The molecule has 0 spiro atoms. The minimum absolute atomic E-state index is 0.695. The predicted molar refractivity (Wildman–Crippen MR) is 69.4 cm³/mol. The fourth-order valence-corrected chi connectivity index (χ4v) is 2.94. The summed E-state index contributed by atoms with van der Waals surface area (Å²) in [5, 5.41) is 3.57. The van der Waals surface area contributed by atoms with Gasteiger partial charge in [-0.25, -0.2) is 0 Å². The van der Waals surface area contributed by atoms with E-state index < -0.39 is 0 Å². The fraction of sp³-hybridized carbons (Fsp3) is 0.538. The van der Waals surface area contributed by atoms with Gasteiger partial charge in [-0.3, -0.25) is 0 Å². The highest BCUT2D eigenvalue weighted by atomic mass is 32.2. The van der Waals surface area contributed by atoms with Crippen LogP contribution in [0.25, 0.3) is 0 Å². The van der Waals surface area contributed by atoms with Gasteiger partial charge in [0, 0.05) is 16.7 Å². The molecule has 0 aromatic heterocycles. The van der Waals surface area contributed by atoms with Gasteiger partial charge in [-0.1, -0.05) is 6.42 Å². The SMILES string of the molecule is COc1ccc(SC[C@H]2CCCCN2)cc1. The van der Waals surface area contributed by atoms with Gasteiger partial charge in [0.15, 0.2) is 0 Å². The van der Waals surface area contributed by atoms with Crippen LogP contribution in [0, 0.1) is 0 Å². The molecule has 1 atom stereocenters. The van der Waals surface area contributed by atoms with Crippen LogP contribution in [-0.4, -0.2) is 25.4 Å². The molecule has 1 N–H and O–H groups in total. The number of hydrogen-bond acceptors (Lipinski definition) is 3. The van der Waals surface area contributed by atoms with Crippen molar-refractivity contribution in [2.45, 2.75) is 30.2 Å². The minimum Gasteiger partial charge on any atom is -0.497 e. The average Bonchev–Trinajstić information content (AvgIpc) is 2.38. The molecule has 1 saturated heterocycles. The third-order valence-corrected chi connectivity index (χ3v) is 4.10. The van der Waals surface area contributed by atoms with Crippen LogP contribution >= 0.6 is 11.8 Å². The summed E-state index contributed by atoms with van der Waals surface area (Å²) in [6.45, 7) is 1.19. The number of ether oxygens (including phenoxy) is 1. The molecule has 0 aliphatic carbocycles. The summed E-state index contributed by atoms with van der Waals surface area (Å²) in [5.41, 5.74) is 0. The number of nitrogens with one attached hydrogen (secondary N) is 1. The summed E-state index contributed by atoms with van der Waals surface area (Å²) in [6, 6.07) is 9.01. The van der Waals surface area contributed by atoms with E-state index in [1.807, 2.05) is 23.9 Å². The first-order valence-corrected chi connectivity index (χ1v) is 6.87. The largest absolute Gasteiger partial charge is 0.497 e. The van der Waals surface area contributed by atoms with Crippen molar-refractivity contribution in [1.29, 1.82) is 0 Å². The van der Waals surface area contributed by atoms with Crippen molar-refractivity contribution in [3.63, 3.8) is 0 Å². The lowest BCUT2D eigenvalue weighted by Crippen LogP contribution is -2.35. The van der Waals surface area contributed by atoms with Gasteiger partial charge in [-0.05, 0) is 43.7 Å². The maximum absolute atomic E-state index is 5.14. The van der Waals surface area contributed by atoms with Crippen LogP contribution in [0.5, 0.6) is 5.75 Å². The van der Waals surface area contributed by atoms with Crippen LogP contribution in [0.4, 0.5) is 0 Å². The molecule has 1 aliphatic rings. The van der Waals surface area contributed by atoms with E-state index in [1.165, 1.54) is 36.5 Å². The van der Waals surface area contributed by atoms with Gasteiger partial charge < -0.3 is 10.1 Å². The minimum atomic E-state index is 0.695. The highest BCUT2D eigenvalue weighted by Gasteiger charge is 2.12. The van der Waals surface area contributed by atoms with E-state index in [-0.39, 0.29) is 0 Å². The third-order valence-electron chi connectivity index (χ3n) is 2.92. The molecule has 1 aromatic rings. The molecule has 0 amide bonds. The summed E-state index contributed by atoms with van der Waals surface area (Å²) in [6.07, 6.45) is 4.04. The van der Waals surface area contributed by atoms with Gasteiger partial charge in [-0.2, -0.15) is 0 Å². The van der Waals surface area contributed by atoms with Crippen LogP contribution in [-0.2, 0) is 0 Å². The predicted octanol–water partition coefficient (Wildman–Crippen LogP) is 2.93. The summed E-state index contributed by atoms with van der Waals surface area (Å²) >= 11 is 1.93. The maximum atomic E-state index is 5.14. The van der Waals surface area contributed by atoms with Crippen molar-refractivity contribution in [3.8, 4) is 5.75 Å². The van der Waals surface area contributed by atoms with Gasteiger partial charge in [-0.15, -0.1) is 11.8 Å². The highest BCUT2D eigenvalue weighted by Crippen LogP contribution is 2.23. The van der Waals surface area contributed by atoms with Crippen molar-refractivity contribution in [2.24, 2.45) is 0 Å². The Balaban J connectivity index is 1.79. The molecule has 2 rings (SSSR count). The summed E-state index contributed by atoms with van der Waals surface area (Å²) in [7, 11) is 1.70. The van der Waals surface area contributed by atoms with E-state index in [0.717, 1.165) is 5.75 Å². The molecule has 0 unspecified atom stereocenters. The van der Waals surface area contributed by atoms with E-state index >= 15 is 0 Å². The van der Waals surface area contributed by atoms with Crippen molar-refractivity contribution in [2.75, 3.05) is 19.4 Å². The Labute approximate surface area is 102 Å². The number of hydrogen-bond donors (Lipinski definition) is 1. The molecule has 1 aromatic carbocycles. The normalized spacial score (nSPS) is 20.7. The molecule has 0 saturated carbocycles. The topological polar surface area (TPSA) is 21.3 Å². The Hall–Kier alpha value is -0.670. The van der Waals surface area contributed by atoms with E-state index in [4.69, 9.17) is 4.74 Å². The van der Waals surface area contributed by atoms with E-state index in [2.05, 4.69) is 17.4 Å². The van der Waals surface area contributed by atoms with E-state index in [9.17, 15) is 0 Å². The van der Waals surface area contributed by atoms with Crippen LogP contribution in [0.2, 0.25) is 0 Å². The van der Waals surface area contributed by atoms with Gasteiger partial charge in [0.2, 0.25) is 0 Å². The molecular formula is C13H19NOS. The quantitative estimate of drug-likeness (QED) is 0.814. The van der Waals surface area contributed by atoms with Crippen LogP contribution in [0.1, 0.15) is 19.3 Å². The maximum Gasteiger partial charge on any atom is 0.118 e. The number of rotatable bonds is 4. The Morgan fingerprint density at radius 3 is 2.75 bits per heavy atom. The lowest BCUT2D eigenvalue weighted by Gasteiger charge is -2.22. The molecule has 1 fully saturated rings. The zero-order valence-corrected chi connectivity index (χ0v) is 10.6. The van der Waals surface area contributed by atoms with Gasteiger partial charge in [0.05, 0.1) is 7.11 Å². The second-order valence-electron chi connectivity index (χ2n) is 4.13. The van der Waals surface area contributed by atoms with Crippen molar-refractivity contribution < 1.29 is 4.74 Å². The molecule has 2 nitrogen and oxygen atoms in total. The average molecular weight is 237 g/mol. The molecule has 1 aliphatic heterocycles. The Kier molecular flexibility index (Phi) is 4.55. The first kappa shape index (κ1) is 11.8. The highest BCUT2D eigenvalue weighted by molar-refractivity contribution is 7.99. The lowest BCUT2D eigenvalue weighted by molar-refractivity contribution is 0.414. The van der Waals surface area contributed by atoms with Gasteiger partial charge >= 0.3 is 0 Å². The molecule has 88 valence electrons. The number of thioether (sulfide) groups is 1. The Bertz CT molecular complexity index is 306. The van der Waals surface area contributed by atoms with Crippen LogP contribution in [0.15, 0.2) is 29.2 Å². The molecule has 3 heteroatoms. The van der Waals surface area contributed by atoms with E-state index in [0.29, 0.717) is 6.04 Å². The van der Waals surface area contributed by atoms with Gasteiger partial charge in [0.1, 0.15) is 5.75 Å². The molecule has 1 heterocycles.